The lowest BCUT2D eigenvalue weighted by molar-refractivity contribution is 0.103. The van der Waals surface area contributed by atoms with E-state index in [0.29, 0.717) is 17.0 Å². The highest BCUT2D eigenvalue weighted by Gasteiger charge is 2.17. The molecule has 0 atom stereocenters. The van der Waals surface area contributed by atoms with Gasteiger partial charge in [0, 0.05) is 17.3 Å². The molecule has 0 spiro atoms. The SMILES string of the molecule is COc1ccc(C(=O)c2cc(N)c(C)cc2C)c(F)c1. The number of methoxy groups -OCH3 is 1. The van der Waals surface area contributed by atoms with Gasteiger partial charge in [0.2, 0.25) is 0 Å². The third kappa shape index (κ3) is 2.50. The summed E-state index contributed by atoms with van der Waals surface area (Å²) >= 11 is 0. The first-order valence-electron chi connectivity index (χ1n) is 6.19. The van der Waals surface area contributed by atoms with E-state index in [1.165, 1.54) is 19.2 Å². The van der Waals surface area contributed by atoms with Crippen molar-refractivity contribution < 1.29 is 13.9 Å². The van der Waals surface area contributed by atoms with Crippen molar-refractivity contribution in [1.82, 2.24) is 0 Å². The molecule has 0 aliphatic rings. The van der Waals surface area contributed by atoms with Crippen LogP contribution in [0, 0.1) is 19.7 Å². The molecule has 3 nitrogen and oxygen atoms in total. The first-order chi connectivity index (χ1) is 9.43. The van der Waals surface area contributed by atoms with Gasteiger partial charge in [-0.2, -0.15) is 0 Å². The zero-order chi connectivity index (χ0) is 14.9. The molecular weight excluding hydrogens is 257 g/mol. The number of anilines is 1. The summed E-state index contributed by atoms with van der Waals surface area (Å²) in [7, 11) is 1.45. The van der Waals surface area contributed by atoms with E-state index in [1.54, 1.807) is 19.1 Å². The summed E-state index contributed by atoms with van der Waals surface area (Å²) in [5.74, 6) is -0.610. The monoisotopic (exact) mass is 273 g/mol. The minimum atomic E-state index is -0.604. The van der Waals surface area contributed by atoms with Crippen LogP contribution in [-0.4, -0.2) is 12.9 Å². The van der Waals surface area contributed by atoms with Crippen LogP contribution >= 0.6 is 0 Å². The van der Waals surface area contributed by atoms with Crippen LogP contribution in [-0.2, 0) is 0 Å². The number of hydrogen-bond acceptors (Lipinski definition) is 3. The van der Waals surface area contributed by atoms with Gasteiger partial charge in [-0.25, -0.2) is 4.39 Å². The molecule has 0 heterocycles. The minimum absolute atomic E-state index is 0.0113. The lowest BCUT2D eigenvalue weighted by Gasteiger charge is -2.10. The second-order valence-corrected chi connectivity index (χ2v) is 4.70. The molecule has 0 aliphatic heterocycles. The molecule has 0 fully saturated rings. The summed E-state index contributed by atoms with van der Waals surface area (Å²) in [4.78, 5) is 12.4. The van der Waals surface area contributed by atoms with E-state index in [-0.39, 0.29) is 11.3 Å². The number of carbonyl (C=O) groups is 1. The Morgan fingerprint density at radius 3 is 2.40 bits per heavy atom. The molecule has 0 radical (unpaired) electrons. The van der Waals surface area contributed by atoms with Gasteiger partial charge in [-0.3, -0.25) is 4.79 Å². The van der Waals surface area contributed by atoms with Crippen molar-refractivity contribution >= 4 is 11.5 Å². The lowest BCUT2D eigenvalue weighted by Crippen LogP contribution is -2.08. The van der Waals surface area contributed by atoms with Crippen molar-refractivity contribution in [2.45, 2.75) is 13.8 Å². The summed E-state index contributed by atoms with van der Waals surface area (Å²) in [6.07, 6.45) is 0. The van der Waals surface area contributed by atoms with Crippen molar-refractivity contribution in [3.05, 3.63) is 58.4 Å². The predicted molar refractivity (Wildman–Crippen MR) is 76.7 cm³/mol. The van der Waals surface area contributed by atoms with Gasteiger partial charge in [0.15, 0.2) is 5.78 Å². The van der Waals surface area contributed by atoms with Gasteiger partial charge in [0.1, 0.15) is 11.6 Å². The van der Waals surface area contributed by atoms with E-state index in [9.17, 15) is 9.18 Å². The minimum Gasteiger partial charge on any atom is -0.497 e. The van der Waals surface area contributed by atoms with Crippen LogP contribution in [0.25, 0.3) is 0 Å². The van der Waals surface area contributed by atoms with Gasteiger partial charge in [0.25, 0.3) is 0 Å². The van der Waals surface area contributed by atoms with Crippen molar-refractivity contribution in [2.75, 3.05) is 12.8 Å². The number of carbonyl (C=O) groups excluding carboxylic acids is 1. The first-order valence-corrected chi connectivity index (χ1v) is 6.19. The molecule has 2 rings (SSSR count). The van der Waals surface area contributed by atoms with Crippen LogP contribution in [0.2, 0.25) is 0 Å². The van der Waals surface area contributed by atoms with E-state index in [1.807, 2.05) is 13.0 Å². The second-order valence-electron chi connectivity index (χ2n) is 4.70. The van der Waals surface area contributed by atoms with Crippen LogP contribution in [0.1, 0.15) is 27.0 Å². The molecule has 2 aromatic carbocycles. The summed E-state index contributed by atoms with van der Waals surface area (Å²) in [5.41, 5.74) is 8.44. The number of ketones is 1. The quantitative estimate of drug-likeness (QED) is 0.689. The number of nitrogen functional groups attached to an aromatic ring is 1. The van der Waals surface area contributed by atoms with Gasteiger partial charge < -0.3 is 10.5 Å². The molecule has 0 aromatic heterocycles. The molecule has 104 valence electrons. The van der Waals surface area contributed by atoms with Gasteiger partial charge >= 0.3 is 0 Å². The Balaban J connectivity index is 2.49. The van der Waals surface area contributed by atoms with E-state index in [4.69, 9.17) is 10.5 Å². The molecule has 2 N–H and O–H groups in total. The number of rotatable bonds is 3. The maximum Gasteiger partial charge on any atom is 0.196 e. The highest BCUT2D eigenvalue weighted by molar-refractivity contribution is 6.10. The second kappa shape index (κ2) is 5.33. The van der Waals surface area contributed by atoms with Crippen molar-refractivity contribution in [2.24, 2.45) is 0 Å². The predicted octanol–water partition coefficient (Wildman–Crippen LogP) is 3.26. The fourth-order valence-corrected chi connectivity index (χ4v) is 2.07. The average molecular weight is 273 g/mol. The van der Waals surface area contributed by atoms with Crippen LogP contribution in [0.3, 0.4) is 0 Å². The van der Waals surface area contributed by atoms with E-state index in [0.717, 1.165) is 11.1 Å². The van der Waals surface area contributed by atoms with E-state index in [2.05, 4.69) is 0 Å². The Hall–Kier alpha value is -2.36. The fourth-order valence-electron chi connectivity index (χ4n) is 2.07. The van der Waals surface area contributed by atoms with Crippen LogP contribution < -0.4 is 10.5 Å². The molecular formula is C16H16FNO2. The molecule has 2 aromatic rings. The topological polar surface area (TPSA) is 52.3 Å². The van der Waals surface area contributed by atoms with E-state index >= 15 is 0 Å². The number of hydrogen-bond donors (Lipinski definition) is 1. The molecule has 20 heavy (non-hydrogen) atoms. The molecule has 0 unspecified atom stereocenters. The number of aryl methyl sites for hydroxylation is 2. The molecule has 0 amide bonds. The largest absolute Gasteiger partial charge is 0.497 e. The summed E-state index contributed by atoms with van der Waals surface area (Å²) < 4.78 is 18.9. The number of ether oxygens (including phenoxy) is 1. The Kier molecular flexibility index (Phi) is 3.74. The number of nitrogens with two attached hydrogens (primary N) is 1. The number of halogens is 1. The highest BCUT2D eigenvalue weighted by Crippen LogP contribution is 2.23. The smallest absolute Gasteiger partial charge is 0.196 e. The summed E-state index contributed by atoms with van der Waals surface area (Å²) in [5, 5.41) is 0. The fraction of sp³-hybridized carbons (Fsp3) is 0.188. The normalized spacial score (nSPS) is 10.4. The standard InChI is InChI=1S/C16H16FNO2/c1-9-6-10(2)15(18)8-13(9)16(19)12-5-4-11(20-3)7-14(12)17/h4-8H,18H2,1-3H3. The zero-order valence-corrected chi connectivity index (χ0v) is 11.7. The lowest BCUT2D eigenvalue weighted by atomic mass is 9.96. The zero-order valence-electron chi connectivity index (χ0n) is 11.7. The Morgan fingerprint density at radius 2 is 1.80 bits per heavy atom. The molecule has 0 bridgehead atoms. The van der Waals surface area contributed by atoms with Crippen LogP contribution in [0.15, 0.2) is 30.3 Å². The third-order valence-corrected chi connectivity index (χ3v) is 3.28. The van der Waals surface area contributed by atoms with Gasteiger partial charge in [0.05, 0.1) is 12.7 Å². The Morgan fingerprint density at radius 1 is 1.10 bits per heavy atom. The molecule has 4 heteroatoms. The molecule has 0 saturated carbocycles. The van der Waals surface area contributed by atoms with Gasteiger partial charge in [-0.1, -0.05) is 6.07 Å². The maximum atomic E-state index is 14.0. The molecule has 0 aliphatic carbocycles. The molecule has 0 saturated heterocycles. The summed E-state index contributed by atoms with van der Waals surface area (Å²) in [6.45, 7) is 3.67. The summed E-state index contributed by atoms with van der Waals surface area (Å²) in [6, 6.07) is 7.59. The maximum absolute atomic E-state index is 14.0. The first kappa shape index (κ1) is 14.1. The van der Waals surface area contributed by atoms with Crippen molar-refractivity contribution in [1.29, 1.82) is 0 Å². The number of benzene rings is 2. The van der Waals surface area contributed by atoms with Crippen molar-refractivity contribution in [3.63, 3.8) is 0 Å². The van der Waals surface area contributed by atoms with Gasteiger partial charge in [-0.05, 0) is 43.2 Å². The van der Waals surface area contributed by atoms with Crippen LogP contribution in [0.4, 0.5) is 10.1 Å². The van der Waals surface area contributed by atoms with Gasteiger partial charge in [-0.15, -0.1) is 0 Å². The van der Waals surface area contributed by atoms with Crippen molar-refractivity contribution in [3.8, 4) is 5.75 Å². The van der Waals surface area contributed by atoms with E-state index < -0.39 is 5.82 Å². The average Bonchev–Trinajstić information content (AvgIpc) is 2.42. The Bertz CT molecular complexity index is 680. The Labute approximate surface area is 117 Å². The highest BCUT2D eigenvalue weighted by atomic mass is 19.1. The third-order valence-electron chi connectivity index (χ3n) is 3.28. The van der Waals surface area contributed by atoms with Crippen LogP contribution in [0.5, 0.6) is 5.75 Å².